The average molecular weight is 266 g/mol. The van der Waals surface area contributed by atoms with Gasteiger partial charge in [0.1, 0.15) is 11.6 Å². The molecule has 0 radical (unpaired) electrons. The number of nitrogens with zero attached hydrogens (tertiary/aromatic N) is 1. The van der Waals surface area contributed by atoms with Crippen LogP contribution in [0.2, 0.25) is 0 Å². The van der Waals surface area contributed by atoms with E-state index in [9.17, 15) is 9.59 Å². The van der Waals surface area contributed by atoms with Gasteiger partial charge in [0.05, 0.1) is 0 Å². The Labute approximate surface area is 115 Å². The maximum Gasteiger partial charge on any atom is 0.246 e. The zero-order valence-electron chi connectivity index (χ0n) is 12.5. The van der Waals surface area contributed by atoms with E-state index in [0.29, 0.717) is 18.4 Å². The summed E-state index contributed by atoms with van der Waals surface area (Å²) in [5.74, 6) is 0.972. The molecule has 19 heavy (non-hydrogen) atoms. The predicted molar refractivity (Wildman–Crippen MR) is 74.5 cm³/mol. The summed E-state index contributed by atoms with van der Waals surface area (Å²) in [7, 11) is 0. The van der Waals surface area contributed by atoms with Crippen LogP contribution in [0.1, 0.15) is 53.4 Å². The van der Waals surface area contributed by atoms with Crippen LogP contribution in [0.5, 0.6) is 0 Å². The molecule has 1 saturated heterocycles. The van der Waals surface area contributed by atoms with Gasteiger partial charge in [0.25, 0.3) is 0 Å². The van der Waals surface area contributed by atoms with E-state index in [-0.39, 0.29) is 17.9 Å². The van der Waals surface area contributed by atoms with Crippen molar-refractivity contribution in [1.29, 1.82) is 0 Å². The smallest absolute Gasteiger partial charge is 0.246 e. The van der Waals surface area contributed by atoms with Gasteiger partial charge in [-0.15, -0.1) is 0 Å². The Morgan fingerprint density at radius 1 is 1.26 bits per heavy atom. The standard InChI is InChI=1S/C15H26N2O2/c1-5-10(6-2)9-17-13(18)12(11-7-8-11)16-14(19)15(17,3)4/h10-12H,5-9H2,1-4H3,(H,16,19). The summed E-state index contributed by atoms with van der Waals surface area (Å²) in [4.78, 5) is 26.7. The van der Waals surface area contributed by atoms with Gasteiger partial charge in [0, 0.05) is 6.54 Å². The SMILES string of the molecule is CCC(CC)CN1C(=O)C(C2CC2)NC(=O)C1(C)C. The van der Waals surface area contributed by atoms with Crippen LogP contribution >= 0.6 is 0 Å². The van der Waals surface area contributed by atoms with Crippen molar-refractivity contribution in [2.24, 2.45) is 11.8 Å². The molecule has 1 heterocycles. The fourth-order valence-corrected chi connectivity index (χ4v) is 2.82. The number of hydrogen-bond donors (Lipinski definition) is 1. The maximum absolute atomic E-state index is 12.6. The van der Waals surface area contributed by atoms with E-state index in [1.165, 1.54) is 0 Å². The number of piperazine rings is 1. The third-order valence-corrected chi connectivity index (χ3v) is 4.74. The topological polar surface area (TPSA) is 49.4 Å². The first kappa shape index (κ1) is 14.4. The van der Waals surface area contributed by atoms with Gasteiger partial charge in [0.15, 0.2) is 0 Å². The molecule has 0 spiro atoms. The molecule has 1 N–H and O–H groups in total. The number of rotatable bonds is 5. The second kappa shape index (κ2) is 5.14. The molecule has 2 fully saturated rings. The zero-order valence-corrected chi connectivity index (χ0v) is 12.5. The molecule has 108 valence electrons. The van der Waals surface area contributed by atoms with E-state index in [2.05, 4.69) is 19.2 Å². The summed E-state index contributed by atoms with van der Waals surface area (Å²) >= 11 is 0. The molecule has 1 aliphatic carbocycles. The number of carbonyl (C=O) groups is 2. The third kappa shape index (κ3) is 2.63. The first-order valence-electron chi connectivity index (χ1n) is 7.54. The van der Waals surface area contributed by atoms with Gasteiger partial charge in [-0.25, -0.2) is 0 Å². The Kier molecular flexibility index (Phi) is 3.88. The van der Waals surface area contributed by atoms with Crippen molar-refractivity contribution in [2.45, 2.75) is 65.0 Å². The molecule has 0 aromatic heterocycles. The minimum Gasteiger partial charge on any atom is -0.342 e. The third-order valence-electron chi connectivity index (χ3n) is 4.74. The molecule has 4 heteroatoms. The Hall–Kier alpha value is -1.06. The lowest BCUT2D eigenvalue weighted by Crippen LogP contribution is -2.69. The Balaban J connectivity index is 2.18. The highest BCUT2D eigenvalue weighted by atomic mass is 16.2. The predicted octanol–water partition coefficient (Wildman–Crippen LogP) is 1.94. The molecule has 4 nitrogen and oxygen atoms in total. The molecular weight excluding hydrogens is 240 g/mol. The van der Waals surface area contributed by atoms with E-state index in [1.807, 2.05) is 18.7 Å². The molecule has 2 amide bonds. The fraction of sp³-hybridized carbons (Fsp3) is 0.867. The van der Waals surface area contributed by atoms with Crippen LogP contribution in [0.25, 0.3) is 0 Å². The summed E-state index contributed by atoms with van der Waals surface area (Å²) in [5.41, 5.74) is -0.717. The summed E-state index contributed by atoms with van der Waals surface area (Å²) in [6, 6.07) is -0.269. The van der Waals surface area contributed by atoms with Crippen molar-refractivity contribution in [3.05, 3.63) is 0 Å². The number of carbonyl (C=O) groups excluding carboxylic acids is 2. The number of nitrogens with one attached hydrogen (secondary N) is 1. The molecule has 1 saturated carbocycles. The molecule has 0 bridgehead atoms. The molecule has 1 atom stereocenters. The van der Waals surface area contributed by atoms with Gasteiger partial charge in [-0.2, -0.15) is 0 Å². The summed E-state index contributed by atoms with van der Waals surface area (Å²) in [6.07, 6.45) is 4.23. The molecule has 2 rings (SSSR count). The Bertz CT molecular complexity index is 370. The highest BCUT2D eigenvalue weighted by Crippen LogP contribution is 2.37. The largest absolute Gasteiger partial charge is 0.342 e. The minimum absolute atomic E-state index is 0.00467. The highest BCUT2D eigenvalue weighted by Gasteiger charge is 2.50. The normalized spacial score (nSPS) is 26.8. The first-order valence-corrected chi connectivity index (χ1v) is 7.54. The van der Waals surface area contributed by atoms with E-state index in [0.717, 1.165) is 25.7 Å². The van der Waals surface area contributed by atoms with Crippen LogP contribution in [0.15, 0.2) is 0 Å². The number of hydrogen-bond acceptors (Lipinski definition) is 2. The van der Waals surface area contributed by atoms with E-state index in [4.69, 9.17) is 0 Å². The van der Waals surface area contributed by atoms with Crippen molar-refractivity contribution >= 4 is 11.8 Å². The van der Waals surface area contributed by atoms with Crippen molar-refractivity contribution in [1.82, 2.24) is 10.2 Å². The Morgan fingerprint density at radius 2 is 1.84 bits per heavy atom. The molecule has 1 aliphatic heterocycles. The van der Waals surface area contributed by atoms with Crippen molar-refractivity contribution in [3.63, 3.8) is 0 Å². The lowest BCUT2D eigenvalue weighted by molar-refractivity contribution is -0.156. The molecule has 1 unspecified atom stereocenters. The molecular formula is C15H26N2O2. The molecule has 2 aliphatic rings. The van der Waals surface area contributed by atoms with Crippen molar-refractivity contribution < 1.29 is 9.59 Å². The summed E-state index contributed by atoms with van der Waals surface area (Å²) in [6.45, 7) is 8.70. The van der Waals surface area contributed by atoms with Crippen LogP contribution < -0.4 is 5.32 Å². The fourth-order valence-electron chi connectivity index (χ4n) is 2.82. The molecule has 0 aromatic carbocycles. The van der Waals surface area contributed by atoms with Crippen LogP contribution in [0.4, 0.5) is 0 Å². The monoisotopic (exact) mass is 266 g/mol. The Morgan fingerprint density at radius 3 is 2.32 bits per heavy atom. The van der Waals surface area contributed by atoms with Crippen molar-refractivity contribution in [2.75, 3.05) is 6.54 Å². The van der Waals surface area contributed by atoms with E-state index < -0.39 is 5.54 Å². The van der Waals surface area contributed by atoms with Gasteiger partial charge >= 0.3 is 0 Å². The zero-order chi connectivity index (χ0) is 14.2. The average Bonchev–Trinajstić information content (AvgIpc) is 3.18. The van der Waals surface area contributed by atoms with Gasteiger partial charge in [-0.1, -0.05) is 26.7 Å². The highest BCUT2D eigenvalue weighted by molar-refractivity contribution is 5.99. The number of amides is 2. The first-order chi connectivity index (χ1) is 8.91. The maximum atomic E-state index is 12.6. The van der Waals surface area contributed by atoms with Crippen LogP contribution in [0.3, 0.4) is 0 Å². The lowest BCUT2D eigenvalue weighted by atomic mass is 9.91. The quantitative estimate of drug-likeness (QED) is 0.826. The van der Waals surface area contributed by atoms with Gasteiger partial charge in [-0.3, -0.25) is 9.59 Å². The lowest BCUT2D eigenvalue weighted by Gasteiger charge is -2.45. The van der Waals surface area contributed by atoms with Crippen LogP contribution in [-0.2, 0) is 9.59 Å². The van der Waals surface area contributed by atoms with Crippen molar-refractivity contribution in [3.8, 4) is 0 Å². The van der Waals surface area contributed by atoms with Gasteiger partial charge in [0.2, 0.25) is 11.8 Å². The second-order valence-electron chi connectivity index (χ2n) is 6.48. The summed E-state index contributed by atoms with van der Waals surface area (Å²) < 4.78 is 0. The second-order valence-corrected chi connectivity index (χ2v) is 6.48. The van der Waals surface area contributed by atoms with Crippen LogP contribution in [-0.4, -0.2) is 34.8 Å². The van der Waals surface area contributed by atoms with E-state index >= 15 is 0 Å². The summed E-state index contributed by atoms with van der Waals surface area (Å²) in [5, 5.41) is 2.93. The van der Waals surface area contributed by atoms with Gasteiger partial charge in [-0.05, 0) is 38.5 Å². The minimum atomic E-state index is -0.717. The van der Waals surface area contributed by atoms with Crippen LogP contribution in [0, 0.1) is 11.8 Å². The van der Waals surface area contributed by atoms with E-state index in [1.54, 1.807) is 0 Å². The molecule has 0 aromatic rings. The van der Waals surface area contributed by atoms with Gasteiger partial charge < -0.3 is 10.2 Å².